The van der Waals surface area contributed by atoms with E-state index in [0.29, 0.717) is 6.04 Å². The lowest BCUT2D eigenvalue weighted by atomic mass is 10.1. The minimum absolute atomic E-state index is 0.168. The van der Waals surface area contributed by atoms with Crippen molar-refractivity contribution in [2.45, 2.75) is 42.8 Å². The topological polar surface area (TPSA) is 32.8 Å². The minimum Gasteiger partial charge on any atom is -0.444 e. The third-order valence-corrected chi connectivity index (χ3v) is 4.21. The molecule has 0 aromatic carbocycles. The number of carbonyl (C=O) groups is 1. The highest BCUT2D eigenvalue weighted by Crippen LogP contribution is 2.25. The summed E-state index contributed by atoms with van der Waals surface area (Å²) in [6.07, 6.45) is 1.11. The van der Waals surface area contributed by atoms with E-state index in [2.05, 4.69) is 27.5 Å². The van der Waals surface area contributed by atoms with Crippen LogP contribution in [0.3, 0.4) is 0 Å². The van der Waals surface area contributed by atoms with Crippen LogP contribution in [0.5, 0.6) is 0 Å². The molecule has 0 aromatic heterocycles. The summed E-state index contributed by atoms with van der Waals surface area (Å²) in [4.78, 5) is 16.0. The first-order chi connectivity index (χ1) is 7.85. The van der Waals surface area contributed by atoms with E-state index in [9.17, 15) is 4.79 Å². The number of rotatable bonds is 1. The van der Waals surface area contributed by atoms with E-state index in [1.807, 2.05) is 20.8 Å². The number of nitrogens with zero attached hydrogens (tertiary/aromatic N) is 2. The lowest BCUT2D eigenvalue weighted by molar-refractivity contribution is -0.0111. The van der Waals surface area contributed by atoms with Crippen LogP contribution in [-0.2, 0) is 4.74 Å². The van der Waals surface area contributed by atoms with Crippen molar-refractivity contribution in [2.75, 3.05) is 26.2 Å². The first-order valence-corrected chi connectivity index (χ1v) is 7.46. The molecule has 0 N–H and O–H groups in total. The molecule has 2 aliphatic heterocycles. The van der Waals surface area contributed by atoms with Crippen molar-refractivity contribution < 1.29 is 9.53 Å². The fourth-order valence-electron chi connectivity index (χ4n) is 2.24. The Morgan fingerprint density at radius 1 is 1.29 bits per heavy atom. The molecule has 2 fully saturated rings. The Kier molecular flexibility index (Phi) is 3.87. The number of amides is 1. The molecule has 0 saturated carbocycles. The largest absolute Gasteiger partial charge is 0.444 e. The zero-order chi connectivity index (χ0) is 12.6. The predicted molar refractivity (Wildman–Crippen MR) is 75.6 cm³/mol. The van der Waals surface area contributed by atoms with Crippen LogP contribution in [-0.4, -0.2) is 57.6 Å². The number of likely N-dealkylation sites (tertiary alicyclic amines) is 2. The third kappa shape index (κ3) is 3.47. The van der Waals surface area contributed by atoms with Gasteiger partial charge in [0.1, 0.15) is 5.60 Å². The van der Waals surface area contributed by atoms with E-state index in [4.69, 9.17) is 4.74 Å². The molecule has 2 aliphatic rings. The zero-order valence-corrected chi connectivity index (χ0v) is 12.9. The molecule has 2 saturated heterocycles. The highest BCUT2D eigenvalue weighted by atomic mass is 127. The molecule has 17 heavy (non-hydrogen) atoms. The normalized spacial score (nSPS) is 27.1. The Labute approximate surface area is 117 Å². The second kappa shape index (κ2) is 4.91. The van der Waals surface area contributed by atoms with Gasteiger partial charge in [0.25, 0.3) is 0 Å². The number of halogens is 1. The molecule has 0 bridgehead atoms. The molecule has 0 spiro atoms. The van der Waals surface area contributed by atoms with Crippen molar-refractivity contribution in [1.82, 2.24) is 9.80 Å². The van der Waals surface area contributed by atoms with Crippen LogP contribution in [0.4, 0.5) is 4.79 Å². The Morgan fingerprint density at radius 3 is 2.41 bits per heavy atom. The maximum atomic E-state index is 11.7. The number of hydrogen-bond donors (Lipinski definition) is 0. The average Bonchev–Trinajstić information content (AvgIpc) is 2.45. The number of carbonyl (C=O) groups excluding carboxylic acids is 1. The van der Waals surface area contributed by atoms with Gasteiger partial charge in [-0.05, 0) is 33.7 Å². The lowest BCUT2D eigenvalue weighted by Gasteiger charge is -2.44. The van der Waals surface area contributed by atoms with Gasteiger partial charge in [-0.2, -0.15) is 0 Å². The van der Waals surface area contributed by atoms with Crippen LogP contribution in [0.2, 0.25) is 0 Å². The average molecular weight is 352 g/mol. The molecule has 1 unspecified atom stereocenters. The predicted octanol–water partition coefficient (Wildman–Crippen LogP) is 2.12. The van der Waals surface area contributed by atoms with E-state index in [-0.39, 0.29) is 11.7 Å². The van der Waals surface area contributed by atoms with Gasteiger partial charge < -0.3 is 9.64 Å². The smallest absolute Gasteiger partial charge is 0.410 e. The second-order valence-corrected chi connectivity index (χ2v) is 7.68. The summed E-state index contributed by atoms with van der Waals surface area (Å²) < 4.78 is 6.12. The Balaban J connectivity index is 1.73. The molecule has 1 atom stereocenters. The number of alkyl halides is 1. The van der Waals surface area contributed by atoms with Gasteiger partial charge >= 0.3 is 6.09 Å². The number of hydrogen-bond acceptors (Lipinski definition) is 3. The second-order valence-electron chi connectivity index (χ2n) is 5.92. The van der Waals surface area contributed by atoms with Crippen molar-refractivity contribution >= 4 is 28.7 Å². The highest BCUT2D eigenvalue weighted by Gasteiger charge is 2.38. The first-order valence-electron chi connectivity index (χ1n) is 6.21. The molecule has 98 valence electrons. The van der Waals surface area contributed by atoms with E-state index in [1.165, 1.54) is 19.5 Å². The fraction of sp³-hybridized carbons (Fsp3) is 0.917. The molecule has 0 aromatic rings. The summed E-state index contributed by atoms with van der Waals surface area (Å²) in [7, 11) is 0. The van der Waals surface area contributed by atoms with Gasteiger partial charge in [0, 0.05) is 29.6 Å². The first kappa shape index (κ1) is 13.4. The van der Waals surface area contributed by atoms with Crippen molar-refractivity contribution in [3.63, 3.8) is 0 Å². The summed E-state index contributed by atoms with van der Waals surface area (Å²) in [6, 6.07) is 0.558. The van der Waals surface area contributed by atoms with Crippen LogP contribution in [0.15, 0.2) is 0 Å². The van der Waals surface area contributed by atoms with Gasteiger partial charge in [0.2, 0.25) is 0 Å². The number of ether oxygens (including phenoxy) is 1. The zero-order valence-electron chi connectivity index (χ0n) is 10.8. The van der Waals surface area contributed by atoms with Gasteiger partial charge in [0.15, 0.2) is 0 Å². The van der Waals surface area contributed by atoms with E-state index >= 15 is 0 Å². The molecular formula is C12H21IN2O2. The Morgan fingerprint density at radius 2 is 1.94 bits per heavy atom. The van der Waals surface area contributed by atoms with Crippen molar-refractivity contribution in [3.05, 3.63) is 0 Å². The quantitative estimate of drug-likeness (QED) is 0.535. The van der Waals surface area contributed by atoms with E-state index < -0.39 is 0 Å². The molecule has 1 amide bonds. The van der Waals surface area contributed by atoms with Gasteiger partial charge in [0.05, 0.1) is 0 Å². The molecule has 4 nitrogen and oxygen atoms in total. The van der Waals surface area contributed by atoms with Crippen molar-refractivity contribution in [3.8, 4) is 0 Å². The monoisotopic (exact) mass is 352 g/mol. The van der Waals surface area contributed by atoms with Crippen LogP contribution < -0.4 is 0 Å². The minimum atomic E-state index is -0.386. The standard InChI is InChI=1S/C12H21IN2O2/c1-12(2,3)17-11(16)15-7-10(8-15)14-5-4-9(13)6-14/h9-10H,4-8H2,1-3H3. The fourth-order valence-corrected chi connectivity index (χ4v) is 3.02. The third-order valence-electron chi connectivity index (χ3n) is 3.19. The molecule has 2 rings (SSSR count). The summed E-state index contributed by atoms with van der Waals surface area (Å²) in [6.45, 7) is 9.74. The van der Waals surface area contributed by atoms with Crippen LogP contribution in [0.25, 0.3) is 0 Å². The lowest BCUT2D eigenvalue weighted by Crippen LogP contribution is -2.61. The summed E-state index contributed by atoms with van der Waals surface area (Å²) in [5.74, 6) is 0. The van der Waals surface area contributed by atoms with E-state index in [0.717, 1.165) is 17.0 Å². The molecule has 0 radical (unpaired) electrons. The van der Waals surface area contributed by atoms with Gasteiger partial charge in [-0.15, -0.1) is 0 Å². The summed E-state index contributed by atoms with van der Waals surface area (Å²) in [5.41, 5.74) is -0.386. The summed E-state index contributed by atoms with van der Waals surface area (Å²) in [5, 5.41) is 0. The van der Waals surface area contributed by atoms with Crippen molar-refractivity contribution in [2.24, 2.45) is 0 Å². The SMILES string of the molecule is CC(C)(C)OC(=O)N1CC(N2CCC(I)C2)C1. The Hall–Kier alpha value is -0.0400. The Bertz CT molecular complexity index is 297. The molecule has 2 heterocycles. The van der Waals surface area contributed by atoms with Gasteiger partial charge in [-0.1, -0.05) is 22.6 Å². The highest BCUT2D eigenvalue weighted by molar-refractivity contribution is 14.1. The van der Waals surface area contributed by atoms with Crippen LogP contribution in [0.1, 0.15) is 27.2 Å². The molecule has 5 heteroatoms. The molecular weight excluding hydrogens is 331 g/mol. The van der Waals surface area contributed by atoms with Crippen LogP contribution >= 0.6 is 22.6 Å². The van der Waals surface area contributed by atoms with E-state index in [1.54, 1.807) is 4.90 Å². The summed E-state index contributed by atoms with van der Waals surface area (Å²) >= 11 is 2.51. The van der Waals surface area contributed by atoms with Gasteiger partial charge in [-0.25, -0.2) is 4.79 Å². The van der Waals surface area contributed by atoms with Crippen molar-refractivity contribution in [1.29, 1.82) is 0 Å². The van der Waals surface area contributed by atoms with Gasteiger partial charge in [-0.3, -0.25) is 4.90 Å². The van der Waals surface area contributed by atoms with Crippen LogP contribution in [0, 0.1) is 0 Å². The molecule has 0 aliphatic carbocycles. The maximum absolute atomic E-state index is 11.7. The maximum Gasteiger partial charge on any atom is 0.410 e.